The molecule has 1 unspecified atom stereocenters. The summed E-state index contributed by atoms with van der Waals surface area (Å²) in [4.78, 5) is 11.1. The van der Waals surface area contributed by atoms with Gasteiger partial charge in [0.05, 0.1) is 18.2 Å². The standard InChI is InChI=1S/C17H18FN5O2.ClH/c1-23-7-6-19-9-14(23)16-21-15(25-22-16)8-13-10-24-17(20-13)11-2-4-12(18)5-3-11;/h2-5,10,14,19H,6-9H2,1H3;1H. The van der Waals surface area contributed by atoms with Crippen LogP contribution in [-0.4, -0.2) is 46.7 Å². The molecule has 3 aromatic rings. The maximum absolute atomic E-state index is 13.0. The van der Waals surface area contributed by atoms with Gasteiger partial charge in [0.15, 0.2) is 5.82 Å². The van der Waals surface area contributed by atoms with Crippen LogP contribution in [0, 0.1) is 5.82 Å². The number of oxazole rings is 1. The fourth-order valence-electron chi connectivity index (χ4n) is 2.84. The molecule has 0 aliphatic carbocycles. The van der Waals surface area contributed by atoms with Crippen LogP contribution in [0.15, 0.2) is 39.5 Å². The molecule has 1 aromatic carbocycles. The third kappa shape index (κ3) is 3.92. The summed E-state index contributed by atoms with van der Waals surface area (Å²) in [5.41, 5.74) is 1.40. The van der Waals surface area contributed by atoms with Gasteiger partial charge >= 0.3 is 0 Å². The predicted molar refractivity (Wildman–Crippen MR) is 94.5 cm³/mol. The molecule has 9 heteroatoms. The number of rotatable bonds is 4. The van der Waals surface area contributed by atoms with E-state index < -0.39 is 0 Å². The molecule has 1 fully saturated rings. The maximum atomic E-state index is 13.0. The van der Waals surface area contributed by atoms with Crippen molar-refractivity contribution in [2.75, 3.05) is 26.7 Å². The Kier molecular flexibility index (Phi) is 5.65. The van der Waals surface area contributed by atoms with Crippen molar-refractivity contribution in [2.45, 2.75) is 12.5 Å². The molecule has 2 aromatic heterocycles. The third-order valence-electron chi connectivity index (χ3n) is 4.27. The number of nitrogens with zero attached hydrogens (tertiary/aromatic N) is 4. The lowest BCUT2D eigenvalue weighted by molar-refractivity contribution is 0.190. The number of benzene rings is 1. The van der Waals surface area contributed by atoms with Gasteiger partial charge in [0.25, 0.3) is 0 Å². The van der Waals surface area contributed by atoms with Crippen LogP contribution in [0.1, 0.15) is 23.5 Å². The van der Waals surface area contributed by atoms with Gasteiger partial charge in [-0.3, -0.25) is 4.90 Å². The Balaban J connectivity index is 0.00000196. The van der Waals surface area contributed by atoms with Crippen LogP contribution in [0.5, 0.6) is 0 Å². The normalized spacial score (nSPS) is 17.8. The van der Waals surface area contributed by atoms with E-state index in [1.807, 2.05) is 7.05 Å². The van der Waals surface area contributed by atoms with Crippen LogP contribution < -0.4 is 5.32 Å². The van der Waals surface area contributed by atoms with Crippen molar-refractivity contribution >= 4 is 12.4 Å². The first-order valence-electron chi connectivity index (χ1n) is 8.13. The van der Waals surface area contributed by atoms with Crippen molar-refractivity contribution in [3.05, 3.63) is 53.8 Å². The predicted octanol–water partition coefficient (Wildman–Crippen LogP) is 2.45. The largest absolute Gasteiger partial charge is 0.444 e. The fraction of sp³-hybridized carbons (Fsp3) is 0.353. The van der Waals surface area contributed by atoms with E-state index in [9.17, 15) is 4.39 Å². The number of hydrogen-bond acceptors (Lipinski definition) is 7. The van der Waals surface area contributed by atoms with E-state index in [-0.39, 0.29) is 24.3 Å². The van der Waals surface area contributed by atoms with E-state index in [2.05, 4.69) is 25.3 Å². The Morgan fingerprint density at radius 3 is 2.85 bits per heavy atom. The van der Waals surface area contributed by atoms with Crippen molar-refractivity contribution in [3.8, 4) is 11.5 Å². The molecular formula is C17H19ClFN5O2. The van der Waals surface area contributed by atoms with Gasteiger partial charge in [-0.2, -0.15) is 4.98 Å². The van der Waals surface area contributed by atoms with Gasteiger partial charge in [-0.25, -0.2) is 9.37 Å². The Morgan fingerprint density at radius 2 is 2.08 bits per heavy atom. The average Bonchev–Trinajstić information content (AvgIpc) is 3.26. The minimum atomic E-state index is -0.295. The van der Waals surface area contributed by atoms with E-state index in [0.29, 0.717) is 35.3 Å². The summed E-state index contributed by atoms with van der Waals surface area (Å²) in [5, 5.41) is 7.42. The van der Waals surface area contributed by atoms with Gasteiger partial charge in [0.1, 0.15) is 12.1 Å². The van der Waals surface area contributed by atoms with Crippen LogP contribution in [-0.2, 0) is 6.42 Å². The molecule has 3 heterocycles. The summed E-state index contributed by atoms with van der Waals surface area (Å²) < 4.78 is 23.8. The van der Waals surface area contributed by atoms with Gasteiger partial charge in [-0.1, -0.05) is 5.16 Å². The van der Waals surface area contributed by atoms with Crippen molar-refractivity contribution in [1.29, 1.82) is 0 Å². The first-order valence-corrected chi connectivity index (χ1v) is 8.13. The van der Waals surface area contributed by atoms with Gasteiger partial charge < -0.3 is 14.3 Å². The second-order valence-electron chi connectivity index (χ2n) is 6.07. The molecule has 0 spiro atoms. The second kappa shape index (κ2) is 7.94. The Morgan fingerprint density at radius 1 is 1.27 bits per heavy atom. The van der Waals surface area contributed by atoms with Gasteiger partial charge in [0, 0.05) is 25.2 Å². The molecule has 26 heavy (non-hydrogen) atoms. The summed E-state index contributed by atoms with van der Waals surface area (Å²) in [7, 11) is 2.05. The number of piperazine rings is 1. The van der Waals surface area contributed by atoms with Gasteiger partial charge in [-0.15, -0.1) is 12.4 Å². The van der Waals surface area contributed by atoms with Crippen LogP contribution in [0.3, 0.4) is 0 Å². The average molecular weight is 380 g/mol. The number of halogens is 2. The molecule has 1 N–H and O–H groups in total. The number of likely N-dealkylation sites (N-methyl/N-ethyl adjacent to an activating group) is 1. The summed E-state index contributed by atoms with van der Waals surface area (Å²) in [6.07, 6.45) is 1.94. The molecule has 4 rings (SSSR count). The fourth-order valence-corrected chi connectivity index (χ4v) is 2.84. The van der Waals surface area contributed by atoms with Crippen molar-refractivity contribution in [2.24, 2.45) is 0 Å². The Hall–Kier alpha value is -2.29. The number of hydrogen-bond donors (Lipinski definition) is 1. The van der Waals surface area contributed by atoms with Crippen molar-refractivity contribution in [1.82, 2.24) is 25.3 Å². The van der Waals surface area contributed by atoms with Gasteiger partial charge in [0.2, 0.25) is 11.8 Å². The number of aromatic nitrogens is 3. The third-order valence-corrected chi connectivity index (χ3v) is 4.27. The molecule has 138 valence electrons. The molecule has 1 aliphatic heterocycles. The van der Waals surface area contributed by atoms with Crippen molar-refractivity contribution in [3.63, 3.8) is 0 Å². The molecule has 7 nitrogen and oxygen atoms in total. The van der Waals surface area contributed by atoms with E-state index in [1.54, 1.807) is 18.4 Å². The maximum Gasteiger partial charge on any atom is 0.232 e. The molecule has 0 radical (unpaired) electrons. The minimum absolute atomic E-state index is 0. The topological polar surface area (TPSA) is 80.2 Å². The van der Waals surface area contributed by atoms with E-state index >= 15 is 0 Å². The van der Waals surface area contributed by atoms with Gasteiger partial charge in [-0.05, 0) is 31.3 Å². The smallest absolute Gasteiger partial charge is 0.232 e. The number of nitrogens with one attached hydrogen (secondary N) is 1. The lowest BCUT2D eigenvalue weighted by atomic mass is 10.2. The second-order valence-corrected chi connectivity index (χ2v) is 6.07. The highest BCUT2D eigenvalue weighted by atomic mass is 35.5. The van der Waals surface area contributed by atoms with Crippen LogP contribution in [0.25, 0.3) is 11.5 Å². The van der Waals surface area contributed by atoms with E-state index in [4.69, 9.17) is 8.94 Å². The monoisotopic (exact) mass is 379 g/mol. The molecule has 1 atom stereocenters. The summed E-state index contributed by atoms with van der Waals surface area (Å²) in [6.45, 7) is 2.70. The lowest BCUT2D eigenvalue weighted by Gasteiger charge is -2.30. The highest BCUT2D eigenvalue weighted by Gasteiger charge is 2.25. The summed E-state index contributed by atoms with van der Waals surface area (Å²) in [5.74, 6) is 1.31. The molecule has 0 saturated carbocycles. The highest BCUT2D eigenvalue weighted by molar-refractivity contribution is 5.85. The zero-order valence-electron chi connectivity index (χ0n) is 14.2. The molecule has 0 amide bonds. The summed E-state index contributed by atoms with van der Waals surface area (Å²) in [6, 6.07) is 6.11. The minimum Gasteiger partial charge on any atom is -0.444 e. The van der Waals surface area contributed by atoms with Crippen LogP contribution >= 0.6 is 12.4 Å². The van der Waals surface area contributed by atoms with Crippen molar-refractivity contribution < 1.29 is 13.3 Å². The molecular weight excluding hydrogens is 361 g/mol. The first kappa shape index (κ1) is 18.5. The molecule has 1 aliphatic rings. The van der Waals surface area contributed by atoms with E-state index in [0.717, 1.165) is 19.6 Å². The first-order chi connectivity index (χ1) is 12.2. The SMILES string of the molecule is CN1CCNCC1c1noc(Cc2coc(-c3ccc(F)cc3)n2)n1.Cl. The molecule has 0 bridgehead atoms. The van der Waals surface area contributed by atoms with Crippen LogP contribution in [0.2, 0.25) is 0 Å². The summed E-state index contributed by atoms with van der Waals surface area (Å²) >= 11 is 0. The zero-order chi connectivity index (χ0) is 17.2. The highest BCUT2D eigenvalue weighted by Crippen LogP contribution is 2.21. The van der Waals surface area contributed by atoms with Crippen LogP contribution in [0.4, 0.5) is 4.39 Å². The lowest BCUT2D eigenvalue weighted by Crippen LogP contribution is -2.44. The molecule has 1 saturated heterocycles. The quantitative estimate of drug-likeness (QED) is 0.745. The Bertz CT molecular complexity index is 851. The Labute approximate surface area is 156 Å². The van der Waals surface area contributed by atoms with E-state index in [1.165, 1.54) is 12.1 Å². The zero-order valence-corrected chi connectivity index (χ0v) is 15.0.